The molecule has 1 aliphatic rings. The van der Waals surface area contributed by atoms with Gasteiger partial charge in [0.25, 0.3) is 0 Å². The minimum absolute atomic E-state index is 0.0205. The largest absolute Gasteiger partial charge is 0.393 e. The van der Waals surface area contributed by atoms with E-state index in [1.165, 1.54) is 51.4 Å². The van der Waals surface area contributed by atoms with E-state index in [0.29, 0.717) is 0 Å². The van der Waals surface area contributed by atoms with Gasteiger partial charge in [-0.05, 0) is 19.3 Å². The van der Waals surface area contributed by atoms with E-state index in [2.05, 4.69) is 6.42 Å². The summed E-state index contributed by atoms with van der Waals surface area (Å²) in [6.07, 6.45) is 14.8. The van der Waals surface area contributed by atoms with Crippen LogP contribution in [-0.2, 0) is 0 Å². The molecule has 1 aliphatic carbocycles. The molecular formula is C12H23O. The molecule has 1 radical (unpaired) electrons. The minimum atomic E-state index is -0.0205. The summed E-state index contributed by atoms with van der Waals surface area (Å²) in [5.74, 6) is 0. The summed E-state index contributed by atoms with van der Waals surface area (Å²) < 4.78 is 0. The summed E-state index contributed by atoms with van der Waals surface area (Å²) in [6, 6.07) is 0. The third-order valence-corrected chi connectivity index (χ3v) is 2.89. The van der Waals surface area contributed by atoms with Crippen molar-refractivity contribution in [2.75, 3.05) is 0 Å². The van der Waals surface area contributed by atoms with E-state index < -0.39 is 0 Å². The highest BCUT2D eigenvalue weighted by Gasteiger charge is 2.04. The molecule has 0 heterocycles. The van der Waals surface area contributed by atoms with Crippen LogP contribution >= 0.6 is 0 Å². The highest BCUT2D eigenvalue weighted by atomic mass is 16.3. The first-order valence-electron chi connectivity index (χ1n) is 5.89. The van der Waals surface area contributed by atoms with Gasteiger partial charge in [0.1, 0.15) is 0 Å². The van der Waals surface area contributed by atoms with Gasteiger partial charge >= 0.3 is 0 Å². The fraction of sp³-hybridized carbons (Fsp3) is 0.917. The van der Waals surface area contributed by atoms with Crippen LogP contribution in [0, 0.1) is 6.42 Å². The van der Waals surface area contributed by atoms with Gasteiger partial charge in [-0.1, -0.05) is 51.4 Å². The van der Waals surface area contributed by atoms with Crippen LogP contribution in [0.25, 0.3) is 0 Å². The Kier molecular flexibility index (Phi) is 6.26. The molecule has 1 N–H and O–H groups in total. The summed E-state index contributed by atoms with van der Waals surface area (Å²) in [5.41, 5.74) is 0. The van der Waals surface area contributed by atoms with Crippen molar-refractivity contribution < 1.29 is 5.11 Å². The predicted octanol–water partition coefficient (Wildman–Crippen LogP) is 3.47. The van der Waals surface area contributed by atoms with Crippen LogP contribution in [0.3, 0.4) is 0 Å². The number of hydrogen-bond donors (Lipinski definition) is 1. The zero-order chi connectivity index (χ0) is 9.36. The molecule has 1 nitrogen and oxygen atoms in total. The van der Waals surface area contributed by atoms with Crippen molar-refractivity contribution in [1.29, 1.82) is 0 Å². The molecule has 1 rings (SSSR count). The standard InChI is InChI=1S/C12H23O/c13-12-10-8-6-4-2-1-3-5-7-9-11-12/h4,12-13H,1-3,5-11H2. The maximum Gasteiger partial charge on any atom is 0.0540 e. The molecule has 1 unspecified atom stereocenters. The summed E-state index contributed by atoms with van der Waals surface area (Å²) in [6.45, 7) is 0. The zero-order valence-corrected chi connectivity index (χ0v) is 8.67. The van der Waals surface area contributed by atoms with Crippen molar-refractivity contribution >= 4 is 0 Å². The maximum absolute atomic E-state index is 9.58. The lowest BCUT2D eigenvalue weighted by Gasteiger charge is -2.11. The van der Waals surface area contributed by atoms with Crippen molar-refractivity contribution in [2.24, 2.45) is 0 Å². The zero-order valence-electron chi connectivity index (χ0n) is 8.67. The number of hydrogen-bond acceptors (Lipinski definition) is 1. The van der Waals surface area contributed by atoms with Crippen LogP contribution < -0.4 is 0 Å². The van der Waals surface area contributed by atoms with Gasteiger partial charge in [-0.25, -0.2) is 0 Å². The van der Waals surface area contributed by atoms with Crippen molar-refractivity contribution in [2.45, 2.75) is 70.3 Å². The van der Waals surface area contributed by atoms with Crippen LogP contribution in [0.5, 0.6) is 0 Å². The van der Waals surface area contributed by atoms with Gasteiger partial charge in [0, 0.05) is 0 Å². The van der Waals surface area contributed by atoms with Crippen molar-refractivity contribution in [3.05, 3.63) is 6.42 Å². The Hall–Kier alpha value is -0.0400. The van der Waals surface area contributed by atoms with Gasteiger partial charge < -0.3 is 5.11 Å². The van der Waals surface area contributed by atoms with E-state index in [1.54, 1.807) is 0 Å². The average molecular weight is 183 g/mol. The van der Waals surface area contributed by atoms with Gasteiger partial charge in [-0.3, -0.25) is 0 Å². The number of aliphatic hydroxyl groups excluding tert-OH is 1. The molecular weight excluding hydrogens is 160 g/mol. The molecule has 0 aromatic carbocycles. The molecule has 0 bridgehead atoms. The van der Waals surface area contributed by atoms with E-state index in [0.717, 1.165) is 12.8 Å². The molecule has 1 heteroatoms. The second kappa shape index (κ2) is 7.37. The third kappa shape index (κ3) is 6.09. The van der Waals surface area contributed by atoms with Gasteiger partial charge in [0.15, 0.2) is 0 Å². The lowest BCUT2D eigenvalue weighted by Crippen LogP contribution is -2.06. The van der Waals surface area contributed by atoms with Gasteiger partial charge in [-0.15, -0.1) is 0 Å². The smallest absolute Gasteiger partial charge is 0.0540 e. The topological polar surface area (TPSA) is 20.2 Å². The Morgan fingerprint density at radius 3 is 2.31 bits per heavy atom. The van der Waals surface area contributed by atoms with Crippen LogP contribution in [0.1, 0.15) is 64.2 Å². The second-order valence-corrected chi connectivity index (χ2v) is 4.22. The Labute approximate surface area is 82.5 Å². The summed E-state index contributed by atoms with van der Waals surface area (Å²) in [7, 11) is 0. The minimum Gasteiger partial charge on any atom is -0.393 e. The highest BCUT2D eigenvalue weighted by Crippen LogP contribution is 2.15. The van der Waals surface area contributed by atoms with E-state index in [4.69, 9.17) is 0 Å². The Bertz CT molecular complexity index is 99.7. The molecule has 0 aliphatic heterocycles. The number of aliphatic hydroxyl groups is 1. The molecule has 13 heavy (non-hydrogen) atoms. The fourth-order valence-corrected chi connectivity index (χ4v) is 1.99. The molecule has 0 amide bonds. The quantitative estimate of drug-likeness (QED) is 0.609. The average Bonchev–Trinajstić information content (AvgIpc) is 2.11. The Morgan fingerprint density at radius 2 is 1.38 bits per heavy atom. The first kappa shape index (κ1) is 11.0. The Balaban J connectivity index is 2.11. The predicted molar refractivity (Wildman–Crippen MR) is 56.5 cm³/mol. The van der Waals surface area contributed by atoms with E-state index in [1.807, 2.05) is 0 Å². The molecule has 1 saturated carbocycles. The van der Waals surface area contributed by atoms with Crippen LogP contribution in [0.15, 0.2) is 0 Å². The summed E-state index contributed by atoms with van der Waals surface area (Å²) in [5, 5.41) is 9.58. The first-order chi connectivity index (χ1) is 6.39. The van der Waals surface area contributed by atoms with Crippen LogP contribution in [-0.4, -0.2) is 11.2 Å². The van der Waals surface area contributed by atoms with E-state index in [9.17, 15) is 5.11 Å². The normalized spacial score (nSPS) is 24.7. The van der Waals surface area contributed by atoms with Gasteiger partial charge in [0.2, 0.25) is 0 Å². The molecule has 1 atom stereocenters. The first-order valence-corrected chi connectivity index (χ1v) is 5.89. The number of rotatable bonds is 0. The molecule has 77 valence electrons. The highest BCUT2D eigenvalue weighted by molar-refractivity contribution is 4.67. The third-order valence-electron chi connectivity index (χ3n) is 2.89. The molecule has 0 spiro atoms. The van der Waals surface area contributed by atoms with Crippen molar-refractivity contribution in [1.82, 2.24) is 0 Å². The molecule has 0 saturated heterocycles. The molecule has 1 fully saturated rings. The van der Waals surface area contributed by atoms with Gasteiger partial charge in [0.05, 0.1) is 6.10 Å². The molecule has 0 aromatic rings. The Morgan fingerprint density at radius 1 is 0.769 bits per heavy atom. The molecule has 0 aromatic heterocycles. The monoisotopic (exact) mass is 183 g/mol. The SMILES string of the molecule is OC1CCC[CH]CCCCCCC1. The van der Waals surface area contributed by atoms with E-state index in [-0.39, 0.29) is 6.10 Å². The van der Waals surface area contributed by atoms with E-state index >= 15 is 0 Å². The summed E-state index contributed by atoms with van der Waals surface area (Å²) in [4.78, 5) is 0. The van der Waals surface area contributed by atoms with Crippen LogP contribution in [0.2, 0.25) is 0 Å². The fourth-order valence-electron chi connectivity index (χ4n) is 1.99. The summed E-state index contributed by atoms with van der Waals surface area (Å²) >= 11 is 0. The van der Waals surface area contributed by atoms with Crippen LogP contribution in [0.4, 0.5) is 0 Å². The maximum atomic E-state index is 9.58. The lowest BCUT2D eigenvalue weighted by atomic mass is 10.00. The second-order valence-electron chi connectivity index (χ2n) is 4.22. The van der Waals surface area contributed by atoms with Gasteiger partial charge in [-0.2, -0.15) is 0 Å². The van der Waals surface area contributed by atoms with Crippen molar-refractivity contribution in [3.63, 3.8) is 0 Å². The lowest BCUT2D eigenvalue weighted by molar-refractivity contribution is 0.148. The van der Waals surface area contributed by atoms with Crippen molar-refractivity contribution in [3.8, 4) is 0 Å².